The number of carbonyl (C=O) groups excluding carboxylic acids is 1. The van der Waals surface area contributed by atoms with Crippen LogP contribution >= 0.6 is 0 Å². The molecule has 0 unspecified atom stereocenters. The van der Waals surface area contributed by atoms with E-state index in [4.69, 9.17) is 0 Å². The third kappa shape index (κ3) is 4.22. The zero-order valence-corrected chi connectivity index (χ0v) is 17.8. The van der Waals surface area contributed by atoms with E-state index in [2.05, 4.69) is 15.3 Å². The van der Waals surface area contributed by atoms with E-state index in [1.54, 1.807) is 49.7 Å². The molecule has 32 heavy (non-hydrogen) atoms. The Morgan fingerprint density at radius 2 is 1.66 bits per heavy atom. The van der Waals surface area contributed by atoms with Gasteiger partial charge in [-0.2, -0.15) is 4.98 Å². The van der Waals surface area contributed by atoms with Gasteiger partial charge in [-0.1, -0.05) is 0 Å². The van der Waals surface area contributed by atoms with Crippen molar-refractivity contribution < 1.29 is 18.7 Å². The van der Waals surface area contributed by atoms with Gasteiger partial charge in [-0.15, -0.1) is 0 Å². The topological polar surface area (TPSA) is 80.0 Å². The van der Waals surface area contributed by atoms with Gasteiger partial charge >= 0.3 is 0 Å². The molecular formula is C24H22F2N4O2. The van der Waals surface area contributed by atoms with Crippen molar-refractivity contribution in [2.24, 2.45) is 0 Å². The van der Waals surface area contributed by atoms with E-state index in [-0.39, 0.29) is 23.5 Å². The molecule has 2 N–H and O–H groups in total. The summed E-state index contributed by atoms with van der Waals surface area (Å²) in [7, 11) is 0. The van der Waals surface area contributed by atoms with Gasteiger partial charge in [0.1, 0.15) is 11.6 Å². The summed E-state index contributed by atoms with van der Waals surface area (Å²) in [6, 6.07) is 12.2. The molecule has 0 aliphatic carbocycles. The first kappa shape index (κ1) is 21.6. The highest BCUT2D eigenvalue weighted by molar-refractivity contribution is 6.10. The van der Waals surface area contributed by atoms with Gasteiger partial charge in [0.15, 0.2) is 5.65 Å². The number of benzene rings is 2. The molecule has 164 valence electrons. The van der Waals surface area contributed by atoms with Crippen LogP contribution in [0.25, 0.3) is 16.7 Å². The highest BCUT2D eigenvalue weighted by Gasteiger charge is 2.24. The number of nitrogens with one attached hydrogen (secondary N) is 1. The normalized spacial score (nSPS) is 12.7. The molecule has 0 saturated carbocycles. The first-order chi connectivity index (χ1) is 15.1. The molecule has 0 aliphatic heterocycles. The predicted molar refractivity (Wildman–Crippen MR) is 118 cm³/mol. The van der Waals surface area contributed by atoms with Crippen LogP contribution in [0.4, 0.5) is 14.7 Å². The number of aromatic nitrogens is 3. The highest BCUT2D eigenvalue weighted by atomic mass is 19.1. The second-order valence-electron chi connectivity index (χ2n) is 8.17. The summed E-state index contributed by atoms with van der Waals surface area (Å²) in [5, 5.41) is 13.9. The van der Waals surface area contributed by atoms with Crippen LogP contribution in [0, 0.1) is 11.6 Å². The monoisotopic (exact) mass is 436 g/mol. The number of nitrogens with zero attached hydrogens (tertiary/aromatic N) is 3. The Hall–Kier alpha value is -3.65. The molecule has 2 aromatic heterocycles. The van der Waals surface area contributed by atoms with Crippen molar-refractivity contribution >= 4 is 22.8 Å². The SMILES string of the molecule is C[C@H](Nc1ncc2cc(C(=O)c3ccc(F)cc3)n(-c3ccc(F)cc3)c2n1)C(C)(C)O. The molecule has 0 saturated heterocycles. The molecular weight excluding hydrogens is 414 g/mol. The van der Waals surface area contributed by atoms with E-state index in [0.717, 1.165) is 0 Å². The molecule has 0 bridgehead atoms. The van der Waals surface area contributed by atoms with Gasteiger partial charge in [-0.05, 0) is 75.4 Å². The van der Waals surface area contributed by atoms with Crippen LogP contribution in [-0.4, -0.2) is 37.1 Å². The Morgan fingerprint density at radius 1 is 1.06 bits per heavy atom. The molecule has 0 radical (unpaired) electrons. The van der Waals surface area contributed by atoms with Crippen LogP contribution in [-0.2, 0) is 0 Å². The van der Waals surface area contributed by atoms with E-state index >= 15 is 0 Å². The zero-order chi connectivity index (χ0) is 23.0. The van der Waals surface area contributed by atoms with Crippen LogP contribution < -0.4 is 5.32 Å². The van der Waals surface area contributed by atoms with E-state index < -0.39 is 17.2 Å². The lowest BCUT2D eigenvalue weighted by molar-refractivity contribution is 0.0646. The van der Waals surface area contributed by atoms with Gasteiger partial charge in [-0.3, -0.25) is 9.36 Å². The molecule has 0 amide bonds. The van der Waals surface area contributed by atoms with Crippen molar-refractivity contribution in [2.75, 3.05) is 5.32 Å². The molecule has 0 fully saturated rings. The second kappa shape index (κ2) is 8.12. The number of rotatable bonds is 6. The lowest BCUT2D eigenvalue weighted by Gasteiger charge is -2.26. The van der Waals surface area contributed by atoms with Gasteiger partial charge in [0, 0.05) is 22.8 Å². The fourth-order valence-corrected chi connectivity index (χ4v) is 3.20. The summed E-state index contributed by atoms with van der Waals surface area (Å²) in [4.78, 5) is 22.1. The van der Waals surface area contributed by atoms with E-state index in [9.17, 15) is 18.7 Å². The minimum atomic E-state index is -1.01. The molecule has 2 heterocycles. The summed E-state index contributed by atoms with van der Waals surface area (Å²) in [6.45, 7) is 5.14. The molecule has 8 heteroatoms. The van der Waals surface area contributed by atoms with E-state index in [0.29, 0.717) is 22.3 Å². The largest absolute Gasteiger partial charge is 0.388 e. The lowest BCUT2D eigenvalue weighted by atomic mass is 10.0. The Bertz CT molecular complexity index is 1280. The van der Waals surface area contributed by atoms with E-state index in [1.165, 1.54) is 36.4 Å². The fourth-order valence-electron chi connectivity index (χ4n) is 3.20. The number of carbonyl (C=O) groups is 1. The van der Waals surface area contributed by atoms with Crippen LogP contribution in [0.5, 0.6) is 0 Å². The van der Waals surface area contributed by atoms with Gasteiger partial charge in [0.2, 0.25) is 11.7 Å². The number of fused-ring (bicyclic) bond motifs is 1. The van der Waals surface area contributed by atoms with Gasteiger partial charge in [0.05, 0.1) is 17.3 Å². The smallest absolute Gasteiger partial charge is 0.224 e. The maximum atomic E-state index is 13.6. The van der Waals surface area contributed by atoms with Crippen molar-refractivity contribution in [1.29, 1.82) is 0 Å². The highest BCUT2D eigenvalue weighted by Crippen LogP contribution is 2.26. The Morgan fingerprint density at radius 3 is 2.25 bits per heavy atom. The number of ketones is 1. The summed E-state index contributed by atoms with van der Waals surface area (Å²) in [5.41, 5.74) is 0.537. The van der Waals surface area contributed by atoms with Gasteiger partial charge in [0.25, 0.3) is 0 Å². The van der Waals surface area contributed by atoms with Gasteiger partial charge in [-0.25, -0.2) is 13.8 Å². The Kier molecular flexibility index (Phi) is 5.48. The first-order valence-corrected chi connectivity index (χ1v) is 10.1. The standard InChI is InChI=1S/C24H22F2N4O2/c1-14(24(2,3)32)28-23-27-13-16-12-20(21(31)15-4-6-17(25)7-5-15)30(22(16)29-23)19-10-8-18(26)9-11-19/h4-14,32H,1-3H3,(H,27,28,29)/t14-/m0/s1. The number of halogens is 2. The maximum absolute atomic E-state index is 13.6. The number of hydrogen-bond acceptors (Lipinski definition) is 5. The number of aliphatic hydroxyl groups is 1. The van der Waals surface area contributed by atoms with Gasteiger partial charge < -0.3 is 10.4 Å². The third-order valence-electron chi connectivity index (χ3n) is 5.37. The van der Waals surface area contributed by atoms with Crippen LogP contribution in [0.1, 0.15) is 36.8 Å². The zero-order valence-electron chi connectivity index (χ0n) is 17.8. The minimum absolute atomic E-state index is 0.273. The molecule has 1 atom stereocenters. The number of anilines is 1. The van der Waals surface area contributed by atoms with Crippen molar-refractivity contribution in [2.45, 2.75) is 32.4 Å². The Labute approximate surface area is 183 Å². The van der Waals surface area contributed by atoms with Crippen LogP contribution in [0.15, 0.2) is 60.8 Å². The number of hydrogen-bond donors (Lipinski definition) is 2. The first-order valence-electron chi connectivity index (χ1n) is 10.1. The molecule has 4 rings (SSSR count). The predicted octanol–water partition coefficient (Wildman–Crippen LogP) is 4.50. The van der Waals surface area contributed by atoms with E-state index in [1.807, 2.05) is 0 Å². The minimum Gasteiger partial charge on any atom is -0.388 e. The summed E-state index contributed by atoms with van der Waals surface area (Å²) in [5.74, 6) is -0.920. The lowest BCUT2D eigenvalue weighted by Crippen LogP contribution is -2.39. The van der Waals surface area contributed by atoms with Crippen molar-refractivity contribution in [3.8, 4) is 5.69 Å². The average molecular weight is 436 g/mol. The quantitative estimate of drug-likeness (QED) is 0.435. The van der Waals surface area contributed by atoms with Crippen LogP contribution in [0.3, 0.4) is 0 Å². The van der Waals surface area contributed by atoms with Crippen LogP contribution in [0.2, 0.25) is 0 Å². The van der Waals surface area contributed by atoms with Crippen molar-refractivity contribution in [3.05, 3.63) is 83.7 Å². The third-order valence-corrected chi connectivity index (χ3v) is 5.37. The Balaban J connectivity index is 1.87. The fraction of sp³-hybridized carbons (Fsp3) is 0.208. The maximum Gasteiger partial charge on any atom is 0.224 e. The molecule has 4 aromatic rings. The molecule has 0 spiro atoms. The summed E-state index contributed by atoms with van der Waals surface area (Å²) >= 11 is 0. The summed E-state index contributed by atoms with van der Waals surface area (Å²) in [6.07, 6.45) is 1.57. The summed E-state index contributed by atoms with van der Waals surface area (Å²) < 4.78 is 28.5. The molecule has 2 aromatic carbocycles. The van der Waals surface area contributed by atoms with Crippen molar-refractivity contribution in [3.63, 3.8) is 0 Å². The second-order valence-corrected chi connectivity index (χ2v) is 8.17. The van der Waals surface area contributed by atoms with Crippen molar-refractivity contribution in [1.82, 2.24) is 14.5 Å². The molecule has 6 nitrogen and oxygen atoms in total. The average Bonchev–Trinajstić information content (AvgIpc) is 3.12. The molecule has 0 aliphatic rings.